The zero-order valence-electron chi connectivity index (χ0n) is 12.1. The SMILES string of the molecule is CNC(=O)NC1(CC(=O)O)C(=O)N(C)c2cc(C)ccc21. The van der Waals surface area contributed by atoms with Crippen LogP contribution in [0.15, 0.2) is 18.2 Å². The normalized spacial score (nSPS) is 20.1. The third-order valence-corrected chi connectivity index (χ3v) is 3.61. The molecule has 0 saturated carbocycles. The molecule has 21 heavy (non-hydrogen) atoms. The Morgan fingerprint density at radius 3 is 2.62 bits per heavy atom. The number of nitrogens with zero attached hydrogens (tertiary/aromatic N) is 1. The lowest BCUT2D eigenvalue weighted by Crippen LogP contribution is -2.55. The molecule has 0 bridgehead atoms. The lowest BCUT2D eigenvalue weighted by molar-refractivity contribution is -0.141. The molecule has 2 rings (SSSR count). The molecule has 7 nitrogen and oxygen atoms in total. The molecule has 0 saturated heterocycles. The lowest BCUT2D eigenvalue weighted by Gasteiger charge is -2.27. The first-order valence-electron chi connectivity index (χ1n) is 6.43. The standard InChI is InChI=1S/C14H17N3O4/c1-8-4-5-9-10(6-8)17(3)12(20)14(9,7-11(18)19)16-13(21)15-2/h4-6H,7H2,1-3H3,(H,18,19)(H2,15,16,21). The molecule has 0 fully saturated rings. The number of amides is 3. The number of carbonyl (C=O) groups excluding carboxylic acids is 2. The number of carbonyl (C=O) groups is 3. The Bertz CT molecular complexity index is 629. The number of carboxylic acids is 1. The van der Waals surface area contributed by atoms with Gasteiger partial charge in [-0.2, -0.15) is 0 Å². The summed E-state index contributed by atoms with van der Waals surface area (Å²) in [6.45, 7) is 1.88. The number of aryl methyl sites for hydroxylation is 1. The number of benzene rings is 1. The van der Waals surface area contributed by atoms with Crippen LogP contribution in [0.25, 0.3) is 0 Å². The molecule has 1 aromatic rings. The highest BCUT2D eigenvalue weighted by Crippen LogP contribution is 2.42. The Kier molecular flexibility index (Phi) is 3.59. The van der Waals surface area contributed by atoms with Gasteiger partial charge in [-0.15, -0.1) is 0 Å². The summed E-state index contributed by atoms with van der Waals surface area (Å²) >= 11 is 0. The third kappa shape index (κ3) is 2.31. The topological polar surface area (TPSA) is 98.7 Å². The van der Waals surface area contributed by atoms with Crippen molar-refractivity contribution in [1.82, 2.24) is 10.6 Å². The fourth-order valence-corrected chi connectivity index (χ4v) is 2.61. The average molecular weight is 291 g/mol. The molecule has 0 aromatic heterocycles. The number of aliphatic carboxylic acids is 1. The number of anilines is 1. The second kappa shape index (κ2) is 5.08. The molecular weight excluding hydrogens is 274 g/mol. The lowest BCUT2D eigenvalue weighted by atomic mass is 9.87. The van der Waals surface area contributed by atoms with Crippen molar-refractivity contribution in [1.29, 1.82) is 0 Å². The smallest absolute Gasteiger partial charge is 0.315 e. The number of hydrogen-bond acceptors (Lipinski definition) is 3. The van der Waals surface area contributed by atoms with E-state index in [1.54, 1.807) is 25.2 Å². The van der Waals surface area contributed by atoms with E-state index in [0.29, 0.717) is 11.3 Å². The molecule has 1 aliphatic rings. The third-order valence-electron chi connectivity index (χ3n) is 3.61. The number of urea groups is 1. The van der Waals surface area contributed by atoms with Crippen LogP contribution in [0.2, 0.25) is 0 Å². The van der Waals surface area contributed by atoms with E-state index in [-0.39, 0.29) is 0 Å². The highest BCUT2D eigenvalue weighted by molar-refractivity contribution is 6.10. The van der Waals surface area contributed by atoms with E-state index in [9.17, 15) is 14.4 Å². The Balaban J connectivity index is 2.62. The van der Waals surface area contributed by atoms with E-state index in [1.807, 2.05) is 6.92 Å². The summed E-state index contributed by atoms with van der Waals surface area (Å²) in [7, 11) is 2.97. The van der Waals surface area contributed by atoms with Crippen LogP contribution in [0.4, 0.5) is 10.5 Å². The van der Waals surface area contributed by atoms with E-state index in [1.165, 1.54) is 11.9 Å². The first kappa shape index (κ1) is 14.8. The number of likely N-dealkylation sites (N-methyl/N-ethyl adjacent to an activating group) is 1. The van der Waals surface area contributed by atoms with Crippen molar-refractivity contribution in [2.45, 2.75) is 18.9 Å². The van der Waals surface area contributed by atoms with Crippen molar-refractivity contribution in [3.05, 3.63) is 29.3 Å². The van der Waals surface area contributed by atoms with E-state index in [2.05, 4.69) is 10.6 Å². The fraction of sp³-hybridized carbons (Fsp3) is 0.357. The summed E-state index contributed by atoms with van der Waals surface area (Å²) in [4.78, 5) is 36.9. The van der Waals surface area contributed by atoms with Gasteiger partial charge in [-0.25, -0.2) is 4.79 Å². The maximum atomic E-state index is 12.6. The molecule has 1 atom stereocenters. The number of carboxylic acid groups (broad SMARTS) is 1. The van der Waals surface area contributed by atoms with Crippen LogP contribution in [0.5, 0.6) is 0 Å². The van der Waals surface area contributed by atoms with Gasteiger partial charge in [0.2, 0.25) is 0 Å². The second-order valence-electron chi connectivity index (χ2n) is 5.06. The number of fused-ring (bicyclic) bond motifs is 1. The maximum absolute atomic E-state index is 12.6. The van der Waals surface area contributed by atoms with Gasteiger partial charge in [0.05, 0.1) is 6.42 Å². The van der Waals surface area contributed by atoms with Crippen molar-refractivity contribution in [2.24, 2.45) is 0 Å². The largest absolute Gasteiger partial charge is 0.481 e. The highest BCUT2D eigenvalue weighted by atomic mass is 16.4. The van der Waals surface area contributed by atoms with E-state index >= 15 is 0 Å². The second-order valence-corrected chi connectivity index (χ2v) is 5.06. The van der Waals surface area contributed by atoms with Gasteiger partial charge in [0.1, 0.15) is 0 Å². The summed E-state index contributed by atoms with van der Waals surface area (Å²) in [5, 5.41) is 14.0. The maximum Gasteiger partial charge on any atom is 0.315 e. The molecule has 0 spiro atoms. The molecule has 112 valence electrons. The number of hydrogen-bond donors (Lipinski definition) is 3. The first-order chi connectivity index (χ1) is 9.81. The summed E-state index contributed by atoms with van der Waals surface area (Å²) in [5.74, 6) is -1.63. The minimum atomic E-state index is -1.58. The predicted molar refractivity (Wildman–Crippen MR) is 76.1 cm³/mol. The van der Waals surface area contributed by atoms with E-state index < -0.39 is 29.9 Å². The van der Waals surface area contributed by atoms with Crippen LogP contribution in [0.3, 0.4) is 0 Å². The molecule has 3 amide bonds. The molecule has 1 aromatic carbocycles. The molecule has 1 unspecified atom stereocenters. The van der Waals surface area contributed by atoms with Crippen LogP contribution in [0.1, 0.15) is 17.5 Å². The Morgan fingerprint density at radius 2 is 2.05 bits per heavy atom. The molecular formula is C14H17N3O4. The van der Waals surface area contributed by atoms with Crippen molar-refractivity contribution in [2.75, 3.05) is 19.0 Å². The van der Waals surface area contributed by atoms with Crippen molar-refractivity contribution < 1.29 is 19.5 Å². The van der Waals surface area contributed by atoms with Gasteiger partial charge in [0.15, 0.2) is 5.54 Å². The quantitative estimate of drug-likeness (QED) is 0.758. The van der Waals surface area contributed by atoms with Gasteiger partial charge in [-0.3, -0.25) is 9.59 Å². The molecule has 3 N–H and O–H groups in total. The summed E-state index contributed by atoms with van der Waals surface area (Å²) in [5.41, 5.74) is 0.465. The van der Waals surface area contributed by atoms with Gasteiger partial charge < -0.3 is 20.6 Å². The minimum Gasteiger partial charge on any atom is -0.481 e. The van der Waals surface area contributed by atoms with E-state index in [0.717, 1.165) is 5.56 Å². The molecule has 0 radical (unpaired) electrons. The van der Waals surface area contributed by atoms with Crippen LogP contribution in [-0.2, 0) is 15.1 Å². The fourth-order valence-electron chi connectivity index (χ4n) is 2.61. The zero-order chi connectivity index (χ0) is 15.8. The van der Waals surface area contributed by atoms with Gasteiger partial charge >= 0.3 is 12.0 Å². The molecule has 0 aliphatic carbocycles. The Morgan fingerprint density at radius 1 is 1.38 bits per heavy atom. The summed E-state index contributed by atoms with van der Waals surface area (Å²) < 4.78 is 0. The van der Waals surface area contributed by atoms with Gasteiger partial charge in [-0.05, 0) is 18.6 Å². The zero-order valence-corrected chi connectivity index (χ0v) is 12.1. The van der Waals surface area contributed by atoms with Crippen LogP contribution in [0, 0.1) is 6.92 Å². The van der Waals surface area contributed by atoms with Crippen LogP contribution in [-0.4, -0.2) is 37.1 Å². The summed E-state index contributed by atoms with van der Waals surface area (Å²) in [6.07, 6.45) is -0.514. The number of rotatable bonds is 3. The van der Waals surface area contributed by atoms with Crippen molar-refractivity contribution in [3.63, 3.8) is 0 Å². The average Bonchev–Trinajstić information content (AvgIpc) is 2.60. The van der Waals surface area contributed by atoms with Crippen LogP contribution >= 0.6 is 0 Å². The Labute approximate surface area is 121 Å². The molecule has 7 heteroatoms. The van der Waals surface area contributed by atoms with Gasteiger partial charge in [-0.1, -0.05) is 12.1 Å². The first-order valence-corrected chi connectivity index (χ1v) is 6.43. The predicted octanol–water partition coefficient (Wildman–Crippen LogP) is 0.570. The highest BCUT2D eigenvalue weighted by Gasteiger charge is 2.52. The Hall–Kier alpha value is -2.57. The van der Waals surface area contributed by atoms with Crippen molar-refractivity contribution in [3.8, 4) is 0 Å². The molecule has 1 heterocycles. The van der Waals surface area contributed by atoms with Crippen LogP contribution < -0.4 is 15.5 Å². The van der Waals surface area contributed by atoms with Gasteiger partial charge in [0, 0.05) is 25.3 Å². The van der Waals surface area contributed by atoms with Crippen molar-refractivity contribution >= 4 is 23.6 Å². The monoisotopic (exact) mass is 291 g/mol. The molecule has 1 aliphatic heterocycles. The minimum absolute atomic E-state index is 0.464. The number of nitrogens with one attached hydrogen (secondary N) is 2. The summed E-state index contributed by atoms with van der Waals surface area (Å²) in [6, 6.07) is 4.66. The van der Waals surface area contributed by atoms with Gasteiger partial charge in [0.25, 0.3) is 5.91 Å². The van der Waals surface area contributed by atoms with E-state index in [4.69, 9.17) is 5.11 Å².